The predicted molar refractivity (Wildman–Crippen MR) is 89.8 cm³/mol. The Labute approximate surface area is 132 Å². The van der Waals surface area contributed by atoms with Crippen LogP contribution in [0.15, 0.2) is 40.7 Å². The number of amides is 1. The van der Waals surface area contributed by atoms with E-state index in [1.807, 2.05) is 19.1 Å². The van der Waals surface area contributed by atoms with E-state index in [0.29, 0.717) is 0 Å². The first-order chi connectivity index (χ1) is 10.3. The number of aryl methyl sites for hydroxylation is 1. The van der Waals surface area contributed by atoms with Gasteiger partial charge in [0, 0.05) is 23.0 Å². The summed E-state index contributed by atoms with van der Waals surface area (Å²) in [5.41, 5.74) is 7.96. The maximum absolute atomic E-state index is 11.5. The highest BCUT2D eigenvalue weighted by Gasteiger charge is 2.24. The number of ether oxygens (including phenoxy) is 1. The van der Waals surface area contributed by atoms with Crippen molar-refractivity contribution >= 4 is 11.8 Å². The molecule has 1 aromatic carbocycles. The molecule has 1 amide bonds. The number of carbonyl (C=O) groups excluding carboxylic acids is 1. The molecule has 0 aromatic heterocycles. The van der Waals surface area contributed by atoms with E-state index in [1.165, 1.54) is 35.2 Å². The van der Waals surface area contributed by atoms with Gasteiger partial charge in [-0.3, -0.25) is 5.32 Å². The number of rotatable bonds is 2. The smallest absolute Gasteiger partial charge is 0.411 e. The molecule has 0 radical (unpaired) electrons. The zero-order valence-corrected chi connectivity index (χ0v) is 14.1. The van der Waals surface area contributed by atoms with Crippen molar-refractivity contribution in [3.63, 3.8) is 0 Å². The Morgan fingerprint density at radius 3 is 2.23 bits per heavy atom. The van der Waals surface area contributed by atoms with Gasteiger partial charge < -0.3 is 10.1 Å². The van der Waals surface area contributed by atoms with Crippen LogP contribution in [-0.2, 0) is 4.74 Å². The van der Waals surface area contributed by atoms with Crippen LogP contribution in [0.2, 0.25) is 0 Å². The van der Waals surface area contributed by atoms with Crippen LogP contribution in [0.5, 0.6) is 0 Å². The standard InChI is InChI=1S/C18H24N2O2/c1-10-7-8-15(9-16(10)20-18(21)22-6)17-11(2)13(4)19-14(5)12(17)3/h7-9,17,19H,1-6H3,(H,20,21). The zero-order chi connectivity index (χ0) is 16.4. The first kappa shape index (κ1) is 16.1. The average Bonchev–Trinajstić information content (AvgIpc) is 2.48. The van der Waals surface area contributed by atoms with Crippen LogP contribution in [0.25, 0.3) is 0 Å². The van der Waals surface area contributed by atoms with E-state index in [4.69, 9.17) is 4.74 Å². The highest BCUT2D eigenvalue weighted by atomic mass is 16.5. The molecule has 4 heteroatoms. The lowest BCUT2D eigenvalue weighted by atomic mass is 9.82. The summed E-state index contributed by atoms with van der Waals surface area (Å²) in [6.07, 6.45) is -0.447. The highest BCUT2D eigenvalue weighted by molar-refractivity contribution is 5.85. The highest BCUT2D eigenvalue weighted by Crippen LogP contribution is 2.38. The molecule has 0 spiro atoms. The molecule has 0 unspecified atom stereocenters. The molecule has 4 nitrogen and oxygen atoms in total. The van der Waals surface area contributed by atoms with Gasteiger partial charge in [0.1, 0.15) is 0 Å². The van der Waals surface area contributed by atoms with Gasteiger partial charge in [0.15, 0.2) is 0 Å². The summed E-state index contributed by atoms with van der Waals surface area (Å²) in [6, 6.07) is 6.20. The zero-order valence-electron chi connectivity index (χ0n) is 14.1. The van der Waals surface area contributed by atoms with Crippen molar-refractivity contribution in [1.82, 2.24) is 5.32 Å². The summed E-state index contributed by atoms with van der Waals surface area (Å²) >= 11 is 0. The van der Waals surface area contributed by atoms with E-state index in [-0.39, 0.29) is 5.92 Å². The molecule has 0 atom stereocenters. The van der Waals surface area contributed by atoms with Crippen LogP contribution in [-0.4, -0.2) is 13.2 Å². The van der Waals surface area contributed by atoms with Crippen LogP contribution >= 0.6 is 0 Å². The van der Waals surface area contributed by atoms with Gasteiger partial charge in [0.2, 0.25) is 0 Å². The van der Waals surface area contributed by atoms with Crippen LogP contribution in [0.4, 0.5) is 10.5 Å². The second kappa shape index (κ2) is 6.26. The van der Waals surface area contributed by atoms with Crippen LogP contribution in [0.3, 0.4) is 0 Å². The van der Waals surface area contributed by atoms with E-state index in [9.17, 15) is 4.79 Å². The van der Waals surface area contributed by atoms with E-state index >= 15 is 0 Å². The monoisotopic (exact) mass is 300 g/mol. The molecule has 118 valence electrons. The third-order valence-corrected chi connectivity index (χ3v) is 4.44. The number of dihydropyridines is 1. The number of anilines is 1. The maximum Gasteiger partial charge on any atom is 0.411 e. The molecule has 1 heterocycles. The molecule has 1 aliphatic rings. The molecule has 0 fully saturated rings. The fourth-order valence-electron chi connectivity index (χ4n) is 2.85. The van der Waals surface area contributed by atoms with Gasteiger partial charge in [-0.1, -0.05) is 12.1 Å². The minimum absolute atomic E-state index is 0.236. The van der Waals surface area contributed by atoms with Gasteiger partial charge in [-0.05, 0) is 63.0 Å². The molecule has 1 aliphatic heterocycles. The molecule has 2 N–H and O–H groups in total. The Bertz CT molecular complexity index is 648. The van der Waals surface area contributed by atoms with E-state index in [2.05, 4.69) is 44.4 Å². The summed E-state index contributed by atoms with van der Waals surface area (Å²) in [6.45, 7) is 10.5. The van der Waals surface area contributed by atoms with Gasteiger partial charge in [-0.25, -0.2) is 4.79 Å². The van der Waals surface area contributed by atoms with Crippen molar-refractivity contribution in [1.29, 1.82) is 0 Å². The Kier molecular flexibility index (Phi) is 4.59. The van der Waals surface area contributed by atoms with Crippen molar-refractivity contribution in [2.75, 3.05) is 12.4 Å². The Hall–Kier alpha value is -2.23. The number of allylic oxidation sites excluding steroid dienone is 4. The molecule has 0 saturated heterocycles. The minimum Gasteiger partial charge on any atom is -0.453 e. The second-order valence-corrected chi connectivity index (χ2v) is 5.86. The van der Waals surface area contributed by atoms with Gasteiger partial charge in [0.05, 0.1) is 7.11 Å². The summed E-state index contributed by atoms with van der Waals surface area (Å²) in [5.74, 6) is 0.236. The SMILES string of the molecule is COC(=O)Nc1cc(C2C(C)=C(C)NC(C)=C2C)ccc1C. The fraction of sp³-hybridized carbons (Fsp3) is 0.389. The molecule has 0 aliphatic carbocycles. The predicted octanol–water partition coefficient (Wildman–Crippen LogP) is 4.45. The van der Waals surface area contributed by atoms with E-state index in [0.717, 1.165) is 11.3 Å². The van der Waals surface area contributed by atoms with Gasteiger partial charge in [-0.15, -0.1) is 0 Å². The second-order valence-electron chi connectivity index (χ2n) is 5.86. The van der Waals surface area contributed by atoms with Crippen molar-refractivity contribution < 1.29 is 9.53 Å². The Morgan fingerprint density at radius 2 is 1.68 bits per heavy atom. The Balaban J connectivity index is 2.46. The van der Waals surface area contributed by atoms with Crippen LogP contribution in [0, 0.1) is 6.92 Å². The largest absolute Gasteiger partial charge is 0.453 e. The first-order valence-electron chi connectivity index (χ1n) is 7.42. The summed E-state index contributed by atoms with van der Waals surface area (Å²) in [4.78, 5) is 11.5. The normalized spacial score (nSPS) is 15.7. The number of hydrogen-bond acceptors (Lipinski definition) is 3. The lowest BCUT2D eigenvalue weighted by Crippen LogP contribution is -2.22. The van der Waals surface area contributed by atoms with Gasteiger partial charge in [0.25, 0.3) is 0 Å². The summed E-state index contributed by atoms with van der Waals surface area (Å²) in [7, 11) is 1.37. The van der Waals surface area contributed by atoms with Gasteiger partial charge >= 0.3 is 6.09 Å². The lowest BCUT2D eigenvalue weighted by molar-refractivity contribution is 0.187. The molecular formula is C18H24N2O2. The van der Waals surface area contributed by atoms with Crippen molar-refractivity contribution in [3.8, 4) is 0 Å². The van der Waals surface area contributed by atoms with E-state index < -0.39 is 6.09 Å². The quantitative estimate of drug-likeness (QED) is 0.848. The van der Waals surface area contributed by atoms with Crippen molar-refractivity contribution in [2.45, 2.75) is 40.5 Å². The summed E-state index contributed by atoms with van der Waals surface area (Å²) < 4.78 is 4.69. The number of benzene rings is 1. The fourth-order valence-corrected chi connectivity index (χ4v) is 2.85. The number of hydrogen-bond donors (Lipinski definition) is 2. The number of nitrogens with one attached hydrogen (secondary N) is 2. The number of carbonyl (C=O) groups is 1. The summed E-state index contributed by atoms with van der Waals surface area (Å²) in [5, 5.41) is 6.20. The third-order valence-electron chi connectivity index (χ3n) is 4.44. The molecule has 0 saturated carbocycles. The minimum atomic E-state index is -0.447. The molecular weight excluding hydrogens is 276 g/mol. The molecule has 1 aromatic rings. The van der Waals surface area contributed by atoms with E-state index in [1.54, 1.807) is 0 Å². The van der Waals surface area contributed by atoms with Crippen LogP contribution < -0.4 is 10.6 Å². The third kappa shape index (κ3) is 3.01. The van der Waals surface area contributed by atoms with Crippen molar-refractivity contribution in [2.24, 2.45) is 0 Å². The van der Waals surface area contributed by atoms with Crippen LogP contribution in [0.1, 0.15) is 44.7 Å². The maximum atomic E-state index is 11.5. The van der Waals surface area contributed by atoms with Gasteiger partial charge in [-0.2, -0.15) is 0 Å². The molecule has 22 heavy (non-hydrogen) atoms. The lowest BCUT2D eigenvalue weighted by Gasteiger charge is -2.30. The Morgan fingerprint density at radius 1 is 1.09 bits per heavy atom. The topological polar surface area (TPSA) is 50.4 Å². The molecule has 2 rings (SSSR count). The average molecular weight is 300 g/mol. The first-order valence-corrected chi connectivity index (χ1v) is 7.42. The number of methoxy groups -OCH3 is 1. The van der Waals surface area contributed by atoms with Crippen molar-refractivity contribution in [3.05, 3.63) is 51.9 Å². The molecule has 0 bridgehead atoms.